The quantitative estimate of drug-likeness (QED) is 0.594. The van der Waals surface area contributed by atoms with Crippen molar-refractivity contribution in [3.8, 4) is 0 Å². The average molecular weight is 210 g/mol. The first-order valence-corrected chi connectivity index (χ1v) is 3.80. The number of carboxylic acids is 2. The molecule has 13 heavy (non-hydrogen) atoms. The van der Waals surface area contributed by atoms with E-state index in [0.29, 0.717) is 13.0 Å². The van der Waals surface area contributed by atoms with Gasteiger partial charge in [0, 0.05) is 0 Å². The van der Waals surface area contributed by atoms with E-state index in [0.717, 1.165) is 0 Å². The second-order valence-electron chi connectivity index (χ2n) is 2.90. The third-order valence-corrected chi connectivity index (χ3v) is 2.05. The number of hydrogen-bond acceptors (Lipinski definition) is 3. The number of carboxylic acid groups (broad SMARTS) is 2. The largest absolute Gasteiger partial charge is 0.481 e. The fourth-order valence-corrected chi connectivity index (χ4v) is 1.33. The van der Waals surface area contributed by atoms with Gasteiger partial charge >= 0.3 is 11.9 Å². The van der Waals surface area contributed by atoms with Crippen LogP contribution in [0.3, 0.4) is 0 Å². The van der Waals surface area contributed by atoms with E-state index in [1.807, 2.05) is 0 Å². The SMILES string of the molecule is Cl.O=C(O)[C@@H]1CCN[C@H](C(=O)O)C1. The summed E-state index contributed by atoms with van der Waals surface area (Å²) in [4.78, 5) is 21.0. The summed E-state index contributed by atoms with van der Waals surface area (Å²) < 4.78 is 0. The van der Waals surface area contributed by atoms with Crippen LogP contribution < -0.4 is 5.32 Å². The van der Waals surface area contributed by atoms with Crippen molar-refractivity contribution < 1.29 is 19.8 Å². The first-order valence-electron chi connectivity index (χ1n) is 3.80. The highest BCUT2D eigenvalue weighted by Gasteiger charge is 2.30. The van der Waals surface area contributed by atoms with E-state index in [-0.39, 0.29) is 18.8 Å². The predicted octanol–water partition coefficient (Wildman–Crippen LogP) is -0.0544. The normalized spacial score (nSPS) is 27.4. The highest BCUT2D eigenvalue weighted by Crippen LogP contribution is 2.16. The monoisotopic (exact) mass is 209 g/mol. The summed E-state index contributed by atoms with van der Waals surface area (Å²) in [6.07, 6.45) is 0.698. The molecule has 0 saturated carbocycles. The Balaban J connectivity index is 0.00000144. The molecule has 2 atom stereocenters. The zero-order valence-electron chi connectivity index (χ0n) is 6.90. The maximum Gasteiger partial charge on any atom is 0.320 e. The van der Waals surface area contributed by atoms with Gasteiger partial charge in [0.05, 0.1) is 5.92 Å². The predicted molar refractivity (Wildman–Crippen MR) is 47.0 cm³/mol. The summed E-state index contributed by atoms with van der Waals surface area (Å²) in [5.41, 5.74) is 0. The molecule has 6 heteroatoms. The molecule has 0 aromatic carbocycles. The number of carbonyl (C=O) groups is 2. The molecule has 0 amide bonds. The molecule has 0 aliphatic carbocycles. The zero-order chi connectivity index (χ0) is 9.14. The summed E-state index contributed by atoms with van der Waals surface area (Å²) in [6, 6.07) is -0.695. The smallest absolute Gasteiger partial charge is 0.320 e. The highest BCUT2D eigenvalue weighted by atomic mass is 35.5. The van der Waals surface area contributed by atoms with Crippen molar-refractivity contribution in [1.29, 1.82) is 0 Å². The standard InChI is InChI=1S/C7H11NO4.ClH/c9-6(10)4-1-2-8-5(3-4)7(11)12;/h4-5,8H,1-3H2,(H,9,10)(H,11,12);1H/t4-,5+;/m1./s1. The van der Waals surface area contributed by atoms with Crippen molar-refractivity contribution in [2.75, 3.05) is 6.54 Å². The molecule has 1 rings (SSSR count). The van der Waals surface area contributed by atoms with Gasteiger partial charge in [0.25, 0.3) is 0 Å². The molecular weight excluding hydrogens is 198 g/mol. The second kappa shape index (κ2) is 5.04. The van der Waals surface area contributed by atoms with E-state index < -0.39 is 23.9 Å². The number of hydrogen-bond donors (Lipinski definition) is 3. The van der Waals surface area contributed by atoms with Crippen molar-refractivity contribution in [2.45, 2.75) is 18.9 Å². The van der Waals surface area contributed by atoms with Crippen LogP contribution in [-0.4, -0.2) is 34.7 Å². The van der Waals surface area contributed by atoms with Crippen LogP contribution in [0.25, 0.3) is 0 Å². The molecule has 1 saturated heterocycles. The van der Waals surface area contributed by atoms with Gasteiger partial charge in [-0.3, -0.25) is 9.59 Å². The topological polar surface area (TPSA) is 86.6 Å². The minimum absolute atomic E-state index is 0. The first kappa shape index (κ1) is 12.2. The number of nitrogens with one attached hydrogen (secondary N) is 1. The molecule has 0 aromatic rings. The molecule has 0 unspecified atom stereocenters. The van der Waals surface area contributed by atoms with E-state index in [2.05, 4.69) is 5.32 Å². The van der Waals surface area contributed by atoms with Gasteiger partial charge in [-0.2, -0.15) is 0 Å². The van der Waals surface area contributed by atoms with Gasteiger partial charge < -0.3 is 15.5 Å². The van der Waals surface area contributed by atoms with E-state index in [1.165, 1.54) is 0 Å². The van der Waals surface area contributed by atoms with Gasteiger partial charge in [-0.05, 0) is 19.4 Å². The van der Waals surface area contributed by atoms with Crippen molar-refractivity contribution in [3.63, 3.8) is 0 Å². The fourth-order valence-electron chi connectivity index (χ4n) is 1.33. The lowest BCUT2D eigenvalue weighted by atomic mass is 9.93. The van der Waals surface area contributed by atoms with E-state index in [1.54, 1.807) is 0 Å². The lowest BCUT2D eigenvalue weighted by molar-refractivity contribution is -0.145. The molecule has 1 fully saturated rings. The van der Waals surface area contributed by atoms with Gasteiger partial charge in [0.1, 0.15) is 6.04 Å². The molecular formula is C7H12ClNO4. The van der Waals surface area contributed by atoms with Crippen LogP contribution in [0.5, 0.6) is 0 Å². The lowest BCUT2D eigenvalue weighted by Crippen LogP contribution is -2.45. The molecule has 0 aromatic heterocycles. The Kier molecular flexibility index (Phi) is 4.72. The Bertz CT molecular complexity index is 189. The summed E-state index contributed by atoms with van der Waals surface area (Å²) in [6.45, 7) is 0.466. The second-order valence-corrected chi connectivity index (χ2v) is 2.90. The molecule has 1 aliphatic heterocycles. The lowest BCUT2D eigenvalue weighted by Gasteiger charge is -2.24. The van der Waals surface area contributed by atoms with Crippen molar-refractivity contribution >= 4 is 24.3 Å². The van der Waals surface area contributed by atoms with Gasteiger partial charge in [-0.15, -0.1) is 12.4 Å². The Morgan fingerprint density at radius 2 is 1.85 bits per heavy atom. The van der Waals surface area contributed by atoms with Gasteiger partial charge in [0.2, 0.25) is 0 Å². The molecule has 3 N–H and O–H groups in total. The Labute approximate surface area is 81.5 Å². The van der Waals surface area contributed by atoms with Crippen molar-refractivity contribution in [3.05, 3.63) is 0 Å². The van der Waals surface area contributed by atoms with Gasteiger partial charge in [0.15, 0.2) is 0 Å². The Morgan fingerprint density at radius 3 is 2.31 bits per heavy atom. The number of aliphatic carboxylic acids is 2. The highest BCUT2D eigenvalue weighted by molar-refractivity contribution is 5.85. The van der Waals surface area contributed by atoms with E-state index in [4.69, 9.17) is 10.2 Å². The number of rotatable bonds is 2. The third kappa shape index (κ3) is 3.20. The summed E-state index contributed by atoms with van der Waals surface area (Å²) in [5, 5.41) is 19.9. The summed E-state index contributed by atoms with van der Waals surface area (Å²) in [7, 11) is 0. The van der Waals surface area contributed by atoms with E-state index >= 15 is 0 Å². The zero-order valence-corrected chi connectivity index (χ0v) is 7.71. The molecule has 76 valence electrons. The first-order chi connectivity index (χ1) is 5.61. The maximum atomic E-state index is 10.5. The van der Waals surface area contributed by atoms with Crippen LogP contribution in [0, 0.1) is 5.92 Å². The maximum absolute atomic E-state index is 10.5. The van der Waals surface area contributed by atoms with Crippen LogP contribution in [-0.2, 0) is 9.59 Å². The van der Waals surface area contributed by atoms with Crippen molar-refractivity contribution in [2.24, 2.45) is 5.92 Å². The van der Waals surface area contributed by atoms with Gasteiger partial charge in [-0.25, -0.2) is 0 Å². The van der Waals surface area contributed by atoms with Gasteiger partial charge in [-0.1, -0.05) is 0 Å². The van der Waals surface area contributed by atoms with Crippen LogP contribution in [0.1, 0.15) is 12.8 Å². The molecule has 1 aliphatic rings. The third-order valence-electron chi connectivity index (χ3n) is 2.05. The summed E-state index contributed by atoms with van der Waals surface area (Å²) >= 11 is 0. The number of halogens is 1. The van der Waals surface area contributed by atoms with Crippen molar-refractivity contribution in [1.82, 2.24) is 5.32 Å². The van der Waals surface area contributed by atoms with Crippen LogP contribution in [0.4, 0.5) is 0 Å². The Morgan fingerprint density at radius 1 is 1.23 bits per heavy atom. The molecule has 0 bridgehead atoms. The summed E-state index contributed by atoms with van der Waals surface area (Å²) in [5.74, 6) is -2.38. The Hall–Kier alpha value is -0.810. The molecule has 1 heterocycles. The molecule has 0 radical (unpaired) electrons. The van der Waals surface area contributed by atoms with Crippen LogP contribution in [0.2, 0.25) is 0 Å². The van der Waals surface area contributed by atoms with Crippen LogP contribution in [0.15, 0.2) is 0 Å². The minimum Gasteiger partial charge on any atom is -0.481 e. The number of piperidine rings is 1. The van der Waals surface area contributed by atoms with Crippen LogP contribution >= 0.6 is 12.4 Å². The minimum atomic E-state index is -0.971. The molecule has 0 spiro atoms. The average Bonchev–Trinajstić information content (AvgIpc) is 2.04. The fraction of sp³-hybridized carbons (Fsp3) is 0.714. The van der Waals surface area contributed by atoms with E-state index in [9.17, 15) is 9.59 Å². The molecule has 5 nitrogen and oxygen atoms in total.